The van der Waals surface area contributed by atoms with Crippen LogP contribution in [0.15, 0.2) is 12.1 Å². The monoisotopic (exact) mass is 328 g/mol. The van der Waals surface area contributed by atoms with Crippen molar-refractivity contribution in [3.63, 3.8) is 0 Å². The van der Waals surface area contributed by atoms with Gasteiger partial charge in [-0.2, -0.15) is 0 Å². The number of rotatable bonds is 3. The molecule has 1 aromatic carbocycles. The molecule has 0 amide bonds. The van der Waals surface area contributed by atoms with Crippen LogP contribution in [0.25, 0.3) is 0 Å². The maximum absolute atomic E-state index is 11.4. The number of benzene rings is 1. The summed E-state index contributed by atoms with van der Waals surface area (Å²) in [6.07, 6.45) is 0.110. The lowest BCUT2D eigenvalue weighted by Crippen LogP contribution is -2.18. The predicted octanol–water partition coefficient (Wildman–Crippen LogP) is 3.30. The zero-order chi connectivity index (χ0) is 13.3. The number of halogens is 3. The fourth-order valence-corrected chi connectivity index (χ4v) is 4.23. The molecule has 0 N–H and O–H groups in total. The Bertz CT molecular complexity index is 557. The van der Waals surface area contributed by atoms with E-state index < -0.39 is 9.84 Å². The Labute approximate surface area is 121 Å². The smallest absolute Gasteiger partial charge is 0.154 e. The maximum atomic E-state index is 11.4. The second-order valence-corrected chi connectivity index (χ2v) is 7.49. The van der Waals surface area contributed by atoms with E-state index in [0.717, 1.165) is 0 Å². The largest absolute Gasteiger partial charge is 0.487 e. The predicted molar refractivity (Wildman–Crippen MR) is 73.7 cm³/mol. The van der Waals surface area contributed by atoms with Gasteiger partial charge < -0.3 is 4.74 Å². The first-order chi connectivity index (χ1) is 8.41. The van der Waals surface area contributed by atoms with Gasteiger partial charge in [-0.1, -0.05) is 23.2 Å². The number of hydrogen-bond acceptors (Lipinski definition) is 3. The van der Waals surface area contributed by atoms with Crippen LogP contribution in [0.2, 0.25) is 10.0 Å². The third kappa shape index (κ3) is 3.23. The molecule has 1 aromatic rings. The Hall–Kier alpha value is -0.160. The normalized spacial score (nSPS) is 22.1. The fourth-order valence-electron chi connectivity index (χ4n) is 1.87. The van der Waals surface area contributed by atoms with Crippen LogP contribution in [0.3, 0.4) is 0 Å². The number of ether oxygens (including phenoxy) is 1. The van der Waals surface area contributed by atoms with E-state index in [1.54, 1.807) is 12.1 Å². The Balaban J connectivity index is 2.24. The summed E-state index contributed by atoms with van der Waals surface area (Å²) in [5.74, 6) is 0.806. The standard InChI is InChI=1S/C11H11Cl3O3S/c12-5-7-3-8(13)4-10(14)11(7)17-9-1-2-18(15,16)6-9/h3-4,9H,1-2,5-6H2. The molecular weight excluding hydrogens is 319 g/mol. The van der Waals surface area contributed by atoms with Crippen LogP contribution in [0, 0.1) is 0 Å². The van der Waals surface area contributed by atoms with Gasteiger partial charge in [0.2, 0.25) is 0 Å². The average Bonchev–Trinajstić information content (AvgIpc) is 2.61. The van der Waals surface area contributed by atoms with Gasteiger partial charge in [-0.15, -0.1) is 11.6 Å². The van der Waals surface area contributed by atoms with Gasteiger partial charge in [0, 0.05) is 10.6 Å². The highest BCUT2D eigenvalue weighted by molar-refractivity contribution is 7.91. The average molecular weight is 330 g/mol. The van der Waals surface area contributed by atoms with E-state index in [1.165, 1.54) is 0 Å². The molecule has 1 saturated heterocycles. The zero-order valence-electron chi connectivity index (χ0n) is 9.33. The summed E-state index contributed by atoms with van der Waals surface area (Å²) in [4.78, 5) is 0. The van der Waals surface area contributed by atoms with Crippen molar-refractivity contribution >= 4 is 44.6 Å². The molecule has 1 atom stereocenters. The molecule has 1 fully saturated rings. The van der Waals surface area contributed by atoms with Gasteiger partial charge in [0.25, 0.3) is 0 Å². The van der Waals surface area contributed by atoms with Crippen molar-refractivity contribution in [2.45, 2.75) is 18.4 Å². The summed E-state index contributed by atoms with van der Waals surface area (Å²) in [7, 11) is -2.98. The van der Waals surface area contributed by atoms with Crippen LogP contribution in [0.4, 0.5) is 0 Å². The summed E-state index contributed by atoms with van der Waals surface area (Å²) >= 11 is 17.7. The van der Waals surface area contributed by atoms with E-state index in [9.17, 15) is 8.42 Å². The topological polar surface area (TPSA) is 43.4 Å². The van der Waals surface area contributed by atoms with Crippen LogP contribution in [0.1, 0.15) is 12.0 Å². The van der Waals surface area contributed by atoms with Crippen molar-refractivity contribution in [3.8, 4) is 5.75 Å². The van der Waals surface area contributed by atoms with Crippen LogP contribution in [-0.2, 0) is 15.7 Å². The van der Waals surface area contributed by atoms with Crippen molar-refractivity contribution in [2.75, 3.05) is 11.5 Å². The quantitative estimate of drug-likeness (QED) is 0.799. The van der Waals surface area contributed by atoms with Gasteiger partial charge >= 0.3 is 0 Å². The minimum absolute atomic E-state index is 0.0215. The van der Waals surface area contributed by atoms with E-state index in [1.807, 2.05) is 0 Å². The summed E-state index contributed by atoms with van der Waals surface area (Å²) in [5.41, 5.74) is 0.665. The van der Waals surface area contributed by atoms with Gasteiger partial charge in [0.1, 0.15) is 11.9 Å². The van der Waals surface area contributed by atoms with Crippen LogP contribution in [-0.4, -0.2) is 26.0 Å². The second kappa shape index (κ2) is 5.45. The molecule has 7 heteroatoms. The third-order valence-electron chi connectivity index (χ3n) is 2.70. The van der Waals surface area contributed by atoms with E-state index >= 15 is 0 Å². The van der Waals surface area contributed by atoms with Gasteiger partial charge in [-0.05, 0) is 18.6 Å². The van der Waals surface area contributed by atoms with Crippen LogP contribution in [0.5, 0.6) is 5.75 Å². The van der Waals surface area contributed by atoms with Crippen LogP contribution >= 0.6 is 34.8 Å². The van der Waals surface area contributed by atoms with E-state index in [2.05, 4.69) is 0 Å². The van der Waals surface area contributed by atoms with Crippen molar-refractivity contribution in [3.05, 3.63) is 27.7 Å². The minimum Gasteiger partial charge on any atom is -0.487 e. The third-order valence-corrected chi connectivity index (χ3v) is 5.23. The lowest BCUT2D eigenvalue weighted by atomic mass is 10.2. The molecule has 0 spiro atoms. The van der Waals surface area contributed by atoms with Gasteiger partial charge in [-0.25, -0.2) is 8.42 Å². The van der Waals surface area contributed by atoms with Crippen molar-refractivity contribution in [2.24, 2.45) is 0 Å². The molecular formula is C11H11Cl3O3S. The first-order valence-corrected chi connectivity index (χ1v) is 8.43. The summed E-state index contributed by atoms with van der Waals surface area (Å²) in [6.45, 7) is 0. The molecule has 0 radical (unpaired) electrons. The summed E-state index contributed by atoms with van der Waals surface area (Å²) in [5, 5.41) is 0.824. The maximum Gasteiger partial charge on any atom is 0.154 e. The fraction of sp³-hybridized carbons (Fsp3) is 0.455. The SMILES string of the molecule is O=S1(=O)CCC(Oc2c(Cl)cc(Cl)cc2CCl)C1. The highest BCUT2D eigenvalue weighted by atomic mass is 35.5. The Morgan fingerprint density at radius 3 is 2.61 bits per heavy atom. The van der Waals surface area contributed by atoms with Crippen molar-refractivity contribution in [1.82, 2.24) is 0 Å². The summed E-state index contributed by atoms with van der Waals surface area (Å²) in [6, 6.07) is 3.22. The molecule has 0 aromatic heterocycles. The lowest BCUT2D eigenvalue weighted by molar-refractivity contribution is 0.227. The lowest BCUT2D eigenvalue weighted by Gasteiger charge is -2.16. The second-order valence-electron chi connectivity index (χ2n) is 4.15. The number of alkyl halides is 1. The van der Waals surface area contributed by atoms with E-state index in [-0.39, 0.29) is 23.5 Å². The van der Waals surface area contributed by atoms with E-state index in [4.69, 9.17) is 39.5 Å². The molecule has 0 saturated carbocycles. The molecule has 0 aliphatic carbocycles. The molecule has 18 heavy (non-hydrogen) atoms. The van der Waals surface area contributed by atoms with Crippen molar-refractivity contribution in [1.29, 1.82) is 0 Å². The number of hydrogen-bond donors (Lipinski definition) is 0. The Kier molecular flexibility index (Phi) is 4.32. The first kappa shape index (κ1) is 14.3. The van der Waals surface area contributed by atoms with Gasteiger partial charge in [0.05, 0.1) is 22.4 Å². The van der Waals surface area contributed by atoms with Crippen LogP contribution < -0.4 is 4.74 Å². The first-order valence-electron chi connectivity index (χ1n) is 5.32. The molecule has 2 rings (SSSR count). The highest BCUT2D eigenvalue weighted by Gasteiger charge is 2.30. The summed E-state index contributed by atoms with van der Waals surface area (Å²) < 4.78 is 28.4. The molecule has 3 nitrogen and oxygen atoms in total. The molecule has 100 valence electrons. The highest BCUT2D eigenvalue weighted by Crippen LogP contribution is 2.35. The van der Waals surface area contributed by atoms with Crippen molar-refractivity contribution < 1.29 is 13.2 Å². The molecule has 0 bridgehead atoms. The van der Waals surface area contributed by atoms with Gasteiger partial charge in [-0.3, -0.25) is 0 Å². The zero-order valence-corrected chi connectivity index (χ0v) is 12.4. The molecule has 1 aliphatic heterocycles. The van der Waals surface area contributed by atoms with E-state index in [0.29, 0.717) is 27.8 Å². The number of sulfone groups is 1. The Morgan fingerprint density at radius 2 is 2.06 bits per heavy atom. The molecule has 1 heterocycles. The molecule has 1 unspecified atom stereocenters. The Morgan fingerprint density at radius 1 is 1.33 bits per heavy atom. The molecule has 1 aliphatic rings. The van der Waals surface area contributed by atoms with Gasteiger partial charge in [0.15, 0.2) is 9.84 Å². The minimum atomic E-state index is -2.98.